The minimum absolute atomic E-state index is 0.0255. The Labute approximate surface area is 273 Å². The number of carboxylic acid groups (broad SMARTS) is 1. The number of ether oxygens (including phenoxy) is 1. The van der Waals surface area contributed by atoms with Gasteiger partial charge in [-0.3, -0.25) is 19.3 Å². The summed E-state index contributed by atoms with van der Waals surface area (Å²) in [5.74, 6) is -2.29. The summed E-state index contributed by atoms with van der Waals surface area (Å²) in [5.41, 5.74) is 1.90. The van der Waals surface area contributed by atoms with E-state index in [0.717, 1.165) is 30.4 Å². The molecule has 246 valence electrons. The number of carbonyl (C=O) groups is 3. The van der Waals surface area contributed by atoms with E-state index in [-0.39, 0.29) is 58.1 Å². The third kappa shape index (κ3) is 6.80. The summed E-state index contributed by atoms with van der Waals surface area (Å²) in [7, 11) is 1.85. The number of hydrogen-bond donors (Lipinski definition) is 2. The van der Waals surface area contributed by atoms with Crippen molar-refractivity contribution in [3.05, 3.63) is 64.6 Å². The van der Waals surface area contributed by atoms with E-state index in [1.54, 1.807) is 6.20 Å². The summed E-state index contributed by atoms with van der Waals surface area (Å²) in [4.78, 5) is 42.5. The third-order valence-electron chi connectivity index (χ3n) is 9.91. The number of amides is 2. The Balaban J connectivity index is 1.12. The largest absolute Gasteiger partial charge is 0.481 e. The number of fused-ring (bicyclic) bond motifs is 1. The van der Waals surface area contributed by atoms with Gasteiger partial charge in [0.15, 0.2) is 0 Å². The summed E-state index contributed by atoms with van der Waals surface area (Å²) in [6.45, 7) is 7.30. The average molecular weight is 653 g/mol. The molecule has 2 atom stereocenters. The molecule has 9 nitrogen and oxygen atoms in total. The van der Waals surface area contributed by atoms with E-state index in [2.05, 4.69) is 24.1 Å². The predicted octanol–water partition coefficient (Wildman–Crippen LogP) is 5.74. The minimum Gasteiger partial charge on any atom is -0.481 e. The van der Waals surface area contributed by atoms with Gasteiger partial charge in [-0.05, 0) is 61.3 Å². The first-order valence-corrected chi connectivity index (χ1v) is 16.5. The number of nitrogens with zero attached hydrogens (tertiary/aromatic N) is 3. The number of aryl methyl sites for hydroxylation is 1. The lowest BCUT2D eigenvalue weighted by atomic mass is 9.83. The van der Waals surface area contributed by atoms with E-state index in [1.807, 2.05) is 40.8 Å². The van der Waals surface area contributed by atoms with Gasteiger partial charge in [-0.1, -0.05) is 43.6 Å². The van der Waals surface area contributed by atoms with Crippen molar-refractivity contribution in [2.24, 2.45) is 18.4 Å². The van der Waals surface area contributed by atoms with Crippen molar-refractivity contribution >= 4 is 46.0 Å². The molecule has 2 aliphatic heterocycles. The molecule has 2 aromatic carbocycles. The van der Waals surface area contributed by atoms with Crippen LogP contribution in [-0.2, 0) is 27.8 Å². The summed E-state index contributed by atoms with van der Waals surface area (Å²) < 4.78 is 23.6. The Bertz CT molecular complexity index is 1640. The number of aromatic nitrogens is 1. The highest BCUT2D eigenvalue weighted by Gasteiger charge is 2.45. The molecule has 11 heteroatoms. The number of aliphatic carboxylic acids is 1. The van der Waals surface area contributed by atoms with Crippen molar-refractivity contribution < 1.29 is 28.6 Å². The second kappa shape index (κ2) is 13.0. The average Bonchev–Trinajstić information content (AvgIpc) is 3.59. The van der Waals surface area contributed by atoms with E-state index in [0.29, 0.717) is 44.4 Å². The molecule has 0 radical (unpaired) electrons. The van der Waals surface area contributed by atoms with E-state index in [9.17, 15) is 19.5 Å². The molecule has 1 aliphatic carbocycles. The molecule has 3 fully saturated rings. The number of hydrogen-bond acceptors (Lipinski definition) is 5. The molecule has 46 heavy (non-hydrogen) atoms. The summed E-state index contributed by atoms with van der Waals surface area (Å²) in [6, 6.07) is 10.2. The Morgan fingerprint density at radius 2 is 1.83 bits per heavy atom. The van der Waals surface area contributed by atoms with Gasteiger partial charge < -0.3 is 24.6 Å². The SMILES string of the molecule is Cn1cc(C(=O)Nc2cc(F)c(CC(=O)N3C[C@@H](N4CC(C)(C)C4)C[C@H]3COC3CCC(C(=O)O)CC3)cc2Cl)c2ccccc21. The quantitative estimate of drug-likeness (QED) is 0.306. The van der Waals surface area contributed by atoms with Crippen molar-refractivity contribution in [2.45, 2.75) is 70.6 Å². The number of para-hydroxylation sites is 1. The van der Waals surface area contributed by atoms with Gasteiger partial charge in [-0.25, -0.2) is 4.39 Å². The fourth-order valence-corrected chi connectivity index (χ4v) is 7.68. The van der Waals surface area contributed by atoms with E-state index >= 15 is 4.39 Å². The number of carbonyl (C=O) groups excluding carboxylic acids is 2. The number of carboxylic acids is 1. The third-order valence-corrected chi connectivity index (χ3v) is 10.2. The van der Waals surface area contributed by atoms with Crippen LogP contribution in [0.3, 0.4) is 0 Å². The van der Waals surface area contributed by atoms with Gasteiger partial charge in [0.05, 0.1) is 47.4 Å². The standard InChI is InChI=1S/C35H42ClFN4O5/c1-35(2)19-40(20-35)23-14-24(18-46-25-10-8-21(9-11-25)34(44)45)41(16-23)32(42)13-22-12-28(36)30(15-29(22)37)38-33(43)27-17-39(3)31-7-5-4-6-26(27)31/h4-7,12,15,17,21,23-25H,8-11,13-14,16,18-20H2,1-3H3,(H,38,43)(H,44,45)/t21?,23-,24-,25?/m0/s1. The Morgan fingerprint density at radius 3 is 2.52 bits per heavy atom. The number of rotatable bonds is 9. The molecular formula is C35H42ClFN4O5. The molecule has 6 rings (SSSR count). The maximum absolute atomic E-state index is 15.5. The monoisotopic (exact) mass is 652 g/mol. The molecule has 0 unspecified atom stereocenters. The highest BCUT2D eigenvalue weighted by atomic mass is 35.5. The van der Waals surface area contributed by atoms with Crippen LogP contribution in [0.5, 0.6) is 0 Å². The second-order valence-corrected chi connectivity index (χ2v) is 14.4. The molecular weight excluding hydrogens is 611 g/mol. The normalized spacial score (nSPS) is 24.6. The zero-order valence-corrected chi connectivity index (χ0v) is 27.4. The lowest BCUT2D eigenvalue weighted by molar-refractivity contribution is -0.144. The molecule has 2 saturated heterocycles. The molecule has 2 amide bonds. The number of anilines is 1. The lowest BCUT2D eigenvalue weighted by Gasteiger charge is -2.49. The molecule has 0 bridgehead atoms. The first kappa shape index (κ1) is 32.5. The fraction of sp³-hybridized carbons (Fsp3) is 0.514. The van der Waals surface area contributed by atoms with Crippen LogP contribution in [0.1, 0.15) is 61.9 Å². The van der Waals surface area contributed by atoms with Gasteiger partial charge in [-0.15, -0.1) is 0 Å². The number of likely N-dealkylation sites (tertiary alicyclic amines) is 2. The van der Waals surface area contributed by atoms with Crippen LogP contribution in [0, 0.1) is 17.2 Å². The number of benzene rings is 2. The van der Waals surface area contributed by atoms with Gasteiger partial charge in [0.2, 0.25) is 5.91 Å². The van der Waals surface area contributed by atoms with E-state index in [4.69, 9.17) is 16.3 Å². The first-order chi connectivity index (χ1) is 21.9. The van der Waals surface area contributed by atoms with Crippen LogP contribution in [-0.4, -0.2) is 81.7 Å². The van der Waals surface area contributed by atoms with Crippen molar-refractivity contribution in [1.29, 1.82) is 0 Å². The fourth-order valence-electron chi connectivity index (χ4n) is 7.45. The van der Waals surface area contributed by atoms with E-state index < -0.39 is 17.7 Å². The zero-order valence-electron chi connectivity index (χ0n) is 26.6. The van der Waals surface area contributed by atoms with Crippen LogP contribution < -0.4 is 5.32 Å². The van der Waals surface area contributed by atoms with Gasteiger partial charge in [0.1, 0.15) is 5.82 Å². The molecule has 2 N–H and O–H groups in total. The summed E-state index contributed by atoms with van der Waals surface area (Å²) in [5, 5.41) is 13.0. The van der Waals surface area contributed by atoms with Gasteiger partial charge in [0.25, 0.3) is 5.91 Å². The Hall–Kier alpha value is -3.47. The lowest BCUT2D eigenvalue weighted by Crippen LogP contribution is -2.57. The number of halogens is 2. The van der Waals surface area contributed by atoms with Crippen LogP contribution in [0.2, 0.25) is 5.02 Å². The highest BCUT2D eigenvalue weighted by Crippen LogP contribution is 2.36. The molecule has 0 spiro atoms. The molecule has 3 heterocycles. The van der Waals surface area contributed by atoms with Crippen molar-refractivity contribution in [3.8, 4) is 0 Å². The van der Waals surface area contributed by atoms with Crippen LogP contribution >= 0.6 is 11.6 Å². The summed E-state index contributed by atoms with van der Waals surface area (Å²) >= 11 is 6.54. The molecule has 3 aromatic rings. The Morgan fingerprint density at radius 1 is 1.11 bits per heavy atom. The van der Waals surface area contributed by atoms with Crippen molar-refractivity contribution in [1.82, 2.24) is 14.4 Å². The van der Waals surface area contributed by atoms with E-state index in [1.165, 1.54) is 12.1 Å². The van der Waals surface area contributed by atoms with Crippen LogP contribution in [0.15, 0.2) is 42.6 Å². The summed E-state index contributed by atoms with van der Waals surface area (Å²) in [6.07, 6.45) is 4.87. The smallest absolute Gasteiger partial charge is 0.306 e. The minimum atomic E-state index is -0.751. The molecule has 1 saturated carbocycles. The number of nitrogens with one attached hydrogen (secondary N) is 1. The van der Waals surface area contributed by atoms with Crippen LogP contribution in [0.25, 0.3) is 10.9 Å². The van der Waals surface area contributed by atoms with Crippen molar-refractivity contribution in [2.75, 3.05) is 31.6 Å². The maximum Gasteiger partial charge on any atom is 0.306 e. The predicted molar refractivity (Wildman–Crippen MR) is 175 cm³/mol. The van der Waals surface area contributed by atoms with Gasteiger partial charge in [-0.2, -0.15) is 0 Å². The Kier molecular flexibility index (Phi) is 9.15. The van der Waals surface area contributed by atoms with Crippen LogP contribution in [0.4, 0.5) is 10.1 Å². The second-order valence-electron chi connectivity index (χ2n) is 14.0. The zero-order chi connectivity index (χ0) is 32.7. The van der Waals surface area contributed by atoms with Gasteiger partial charge in [0, 0.05) is 49.8 Å². The maximum atomic E-state index is 15.5. The first-order valence-electron chi connectivity index (χ1n) is 16.1. The topological polar surface area (TPSA) is 104 Å². The van der Waals surface area contributed by atoms with Gasteiger partial charge >= 0.3 is 5.97 Å². The molecule has 1 aromatic heterocycles. The van der Waals surface area contributed by atoms with Crippen molar-refractivity contribution in [3.63, 3.8) is 0 Å². The molecule has 3 aliphatic rings. The highest BCUT2D eigenvalue weighted by molar-refractivity contribution is 6.34.